The maximum absolute atomic E-state index is 12.2. The van der Waals surface area contributed by atoms with Crippen molar-refractivity contribution < 1.29 is 9.21 Å². The predicted molar refractivity (Wildman–Crippen MR) is 65.8 cm³/mol. The average Bonchev–Trinajstić information content (AvgIpc) is 2.73. The molecule has 1 saturated carbocycles. The van der Waals surface area contributed by atoms with Gasteiger partial charge in [-0.25, -0.2) is 0 Å². The van der Waals surface area contributed by atoms with Gasteiger partial charge in [-0.2, -0.15) is 0 Å². The fourth-order valence-corrected chi connectivity index (χ4v) is 2.18. The zero-order chi connectivity index (χ0) is 11.4. The molecule has 2 rings (SSSR count). The van der Waals surface area contributed by atoms with Gasteiger partial charge in [0.1, 0.15) is 6.26 Å². The van der Waals surface area contributed by atoms with Crippen molar-refractivity contribution in [1.29, 1.82) is 0 Å². The van der Waals surface area contributed by atoms with Gasteiger partial charge in [0.15, 0.2) is 0 Å². The van der Waals surface area contributed by atoms with Gasteiger partial charge in [-0.3, -0.25) is 4.79 Å². The number of carbonyl (C=O) groups excluding carboxylic acids is 1. The molecule has 4 heteroatoms. The molecule has 0 unspecified atom stereocenters. The second kappa shape index (κ2) is 5.53. The summed E-state index contributed by atoms with van der Waals surface area (Å²) in [6.07, 6.45) is 7.62. The summed E-state index contributed by atoms with van der Waals surface area (Å²) in [7, 11) is 0. The Morgan fingerprint density at radius 1 is 1.56 bits per heavy atom. The number of halogens is 1. The van der Waals surface area contributed by atoms with E-state index in [2.05, 4.69) is 15.9 Å². The van der Waals surface area contributed by atoms with E-state index in [-0.39, 0.29) is 5.91 Å². The maximum atomic E-state index is 12.2. The van der Waals surface area contributed by atoms with Gasteiger partial charge in [-0.15, -0.1) is 0 Å². The molecule has 0 saturated heterocycles. The Kier molecular flexibility index (Phi) is 4.04. The third kappa shape index (κ3) is 2.48. The van der Waals surface area contributed by atoms with Crippen molar-refractivity contribution in [1.82, 2.24) is 4.90 Å². The van der Waals surface area contributed by atoms with E-state index in [4.69, 9.17) is 4.42 Å². The standard InChI is InChI=1S/C12H16BrNO2/c13-6-2-7-14(11-3-1-4-11)12(15)10-5-8-16-9-10/h5,8-9,11H,1-4,6-7H2. The molecule has 1 amide bonds. The maximum Gasteiger partial charge on any atom is 0.257 e. The number of hydrogen-bond acceptors (Lipinski definition) is 2. The third-order valence-electron chi connectivity index (χ3n) is 3.08. The Labute approximate surface area is 104 Å². The lowest BCUT2D eigenvalue weighted by Gasteiger charge is -2.37. The highest BCUT2D eigenvalue weighted by molar-refractivity contribution is 9.09. The van der Waals surface area contributed by atoms with Crippen molar-refractivity contribution in [2.24, 2.45) is 0 Å². The molecule has 3 nitrogen and oxygen atoms in total. The summed E-state index contributed by atoms with van der Waals surface area (Å²) in [5.74, 6) is 0.111. The molecule has 1 aliphatic rings. The van der Waals surface area contributed by atoms with Crippen LogP contribution in [0.1, 0.15) is 36.0 Å². The predicted octanol–water partition coefficient (Wildman–Crippen LogP) is 3.06. The molecular weight excluding hydrogens is 270 g/mol. The molecule has 1 aromatic rings. The molecule has 0 atom stereocenters. The SMILES string of the molecule is O=C(c1ccoc1)N(CCCBr)C1CCC1. The second-order valence-electron chi connectivity index (χ2n) is 4.14. The van der Waals surface area contributed by atoms with Gasteiger partial charge >= 0.3 is 0 Å². The van der Waals surface area contributed by atoms with Crippen LogP contribution in [0, 0.1) is 0 Å². The van der Waals surface area contributed by atoms with Gasteiger partial charge in [0.05, 0.1) is 11.8 Å². The first-order chi connectivity index (χ1) is 7.83. The fraction of sp³-hybridized carbons (Fsp3) is 0.583. The molecule has 0 aliphatic heterocycles. The molecule has 0 N–H and O–H groups in total. The van der Waals surface area contributed by atoms with E-state index in [1.807, 2.05) is 4.90 Å². The normalized spacial score (nSPS) is 15.8. The first kappa shape index (κ1) is 11.7. The van der Waals surface area contributed by atoms with Crippen LogP contribution in [-0.2, 0) is 0 Å². The monoisotopic (exact) mass is 285 g/mol. The van der Waals surface area contributed by atoms with Gasteiger partial charge < -0.3 is 9.32 Å². The van der Waals surface area contributed by atoms with Crippen molar-refractivity contribution in [3.05, 3.63) is 24.2 Å². The zero-order valence-electron chi connectivity index (χ0n) is 9.19. The smallest absolute Gasteiger partial charge is 0.257 e. The summed E-state index contributed by atoms with van der Waals surface area (Å²) in [5, 5.41) is 0.939. The number of hydrogen-bond donors (Lipinski definition) is 0. The second-order valence-corrected chi connectivity index (χ2v) is 4.93. The Hall–Kier alpha value is -0.770. The first-order valence-electron chi connectivity index (χ1n) is 5.72. The Balaban J connectivity index is 2.02. The van der Waals surface area contributed by atoms with Crippen molar-refractivity contribution in [2.45, 2.75) is 31.7 Å². The van der Waals surface area contributed by atoms with E-state index in [1.165, 1.54) is 12.7 Å². The highest BCUT2D eigenvalue weighted by Crippen LogP contribution is 2.26. The van der Waals surface area contributed by atoms with Crippen molar-refractivity contribution in [2.75, 3.05) is 11.9 Å². The topological polar surface area (TPSA) is 33.5 Å². The number of carbonyl (C=O) groups is 1. The molecule has 88 valence electrons. The molecular formula is C12H16BrNO2. The summed E-state index contributed by atoms with van der Waals surface area (Å²) in [5.41, 5.74) is 0.668. The highest BCUT2D eigenvalue weighted by atomic mass is 79.9. The zero-order valence-corrected chi connectivity index (χ0v) is 10.8. The lowest BCUT2D eigenvalue weighted by Crippen LogP contribution is -2.44. The Morgan fingerprint density at radius 3 is 2.88 bits per heavy atom. The summed E-state index contributed by atoms with van der Waals surface area (Å²) in [4.78, 5) is 14.2. The van der Waals surface area contributed by atoms with Gasteiger partial charge in [0.25, 0.3) is 5.91 Å². The molecule has 16 heavy (non-hydrogen) atoms. The lowest BCUT2D eigenvalue weighted by atomic mass is 9.91. The van der Waals surface area contributed by atoms with Crippen LogP contribution in [0.5, 0.6) is 0 Å². The number of alkyl halides is 1. The molecule has 0 radical (unpaired) electrons. The number of furan rings is 1. The van der Waals surface area contributed by atoms with E-state index in [0.717, 1.165) is 31.1 Å². The summed E-state index contributed by atoms with van der Waals surface area (Å²) < 4.78 is 4.96. The third-order valence-corrected chi connectivity index (χ3v) is 3.64. The average molecular weight is 286 g/mol. The quantitative estimate of drug-likeness (QED) is 0.779. The fourth-order valence-electron chi connectivity index (χ4n) is 1.93. The molecule has 0 bridgehead atoms. The molecule has 0 aromatic carbocycles. The largest absolute Gasteiger partial charge is 0.472 e. The minimum atomic E-state index is 0.111. The number of rotatable bonds is 5. The molecule has 1 aromatic heterocycles. The van der Waals surface area contributed by atoms with Gasteiger partial charge in [0, 0.05) is 17.9 Å². The van der Waals surface area contributed by atoms with Gasteiger partial charge in [-0.1, -0.05) is 15.9 Å². The molecule has 0 spiro atoms. The van der Waals surface area contributed by atoms with E-state index in [9.17, 15) is 4.79 Å². The van der Waals surface area contributed by atoms with Crippen molar-refractivity contribution in [3.63, 3.8) is 0 Å². The van der Waals surface area contributed by atoms with Crippen molar-refractivity contribution >= 4 is 21.8 Å². The number of nitrogens with zero attached hydrogens (tertiary/aromatic N) is 1. The van der Waals surface area contributed by atoms with E-state index < -0.39 is 0 Å². The minimum Gasteiger partial charge on any atom is -0.472 e. The van der Waals surface area contributed by atoms with Crippen molar-refractivity contribution in [3.8, 4) is 0 Å². The van der Waals surface area contributed by atoms with Crippen LogP contribution in [0.2, 0.25) is 0 Å². The molecule has 1 fully saturated rings. The summed E-state index contributed by atoms with van der Waals surface area (Å²) >= 11 is 3.41. The van der Waals surface area contributed by atoms with Crippen LogP contribution < -0.4 is 0 Å². The van der Waals surface area contributed by atoms with Crippen LogP contribution in [0.25, 0.3) is 0 Å². The lowest BCUT2D eigenvalue weighted by molar-refractivity contribution is 0.0580. The molecule has 1 heterocycles. The van der Waals surface area contributed by atoms with Crippen LogP contribution in [0.3, 0.4) is 0 Å². The highest BCUT2D eigenvalue weighted by Gasteiger charge is 2.29. The Morgan fingerprint density at radius 2 is 2.38 bits per heavy atom. The first-order valence-corrected chi connectivity index (χ1v) is 6.84. The van der Waals surface area contributed by atoms with Crippen LogP contribution >= 0.6 is 15.9 Å². The van der Waals surface area contributed by atoms with Gasteiger partial charge in [0.2, 0.25) is 0 Å². The molecule has 1 aliphatic carbocycles. The minimum absolute atomic E-state index is 0.111. The van der Waals surface area contributed by atoms with E-state index in [0.29, 0.717) is 11.6 Å². The van der Waals surface area contributed by atoms with E-state index >= 15 is 0 Å². The summed E-state index contributed by atoms with van der Waals surface area (Å²) in [6, 6.07) is 2.18. The number of amides is 1. The summed E-state index contributed by atoms with van der Waals surface area (Å²) in [6.45, 7) is 0.833. The van der Waals surface area contributed by atoms with Gasteiger partial charge in [-0.05, 0) is 31.7 Å². The van der Waals surface area contributed by atoms with Crippen LogP contribution in [0.15, 0.2) is 23.0 Å². The van der Waals surface area contributed by atoms with Crippen LogP contribution in [0.4, 0.5) is 0 Å². The van der Waals surface area contributed by atoms with E-state index in [1.54, 1.807) is 12.3 Å². The Bertz CT molecular complexity index is 333. The van der Waals surface area contributed by atoms with Crippen LogP contribution in [-0.4, -0.2) is 28.7 Å².